The molecule has 1 fully saturated rings. The molecule has 1 saturated heterocycles. The van der Waals surface area contributed by atoms with Crippen LogP contribution in [0.3, 0.4) is 0 Å². The lowest BCUT2D eigenvalue weighted by Gasteiger charge is -2.31. The van der Waals surface area contributed by atoms with Gasteiger partial charge in [-0.1, -0.05) is 30.3 Å². The molecule has 1 aromatic carbocycles. The Hall–Kier alpha value is -3.98. The molecule has 3 aromatic rings. The van der Waals surface area contributed by atoms with Crippen molar-refractivity contribution in [2.45, 2.75) is 25.0 Å². The highest BCUT2D eigenvalue weighted by Gasteiger charge is 2.33. The molecule has 1 aliphatic heterocycles. The van der Waals surface area contributed by atoms with Crippen molar-refractivity contribution in [1.82, 2.24) is 15.6 Å². The van der Waals surface area contributed by atoms with Crippen LogP contribution in [0.2, 0.25) is 0 Å². The first-order valence-electron chi connectivity index (χ1n) is 11.1. The van der Waals surface area contributed by atoms with Crippen molar-refractivity contribution in [1.29, 1.82) is 0 Å². The number of carbonyl (C=O) groups excluding carboxylic acids is 3. The van der Waals surface area contributed by atoms with Crippen LogP contribution in [0.1, 0.15) is 35.0 Å². The summed E-state index contributed by atoms with van der Waals surface area (Å²) in [6.07, 6.45) is 6.26. The van der Waals surface area contributed by atoms with E-state index in [1.807, 2.05) is 6.07 Å². The third-order valence-electron chi connectivity index (χ3n) is 5.49. The summed E-state index contributed by atoms with van der Waals surface area (Å²) >= 11 is 0. The second kappa shape index (κ2) is 11.2. The molecule has 9 nitrogen and oxygen atoms in total. The van der Waals surface area contributed by atoms with Gasteiger partial charge >= 0.3 is 0 Å². The number of benzene rings is 1. The second-order valence-corrected chi connectivity index (χ2v) is 7.83. The van der Waals surface area contributed by atoms with Crippen LogP contribution in [0.15, 0.2) is 77.7 Å². The van der Waals surface area contributed by atoms with Crippen LogP contribution in [0.4, 0.5) is 5.69 Å². The lowest BCUT2D eigenvalue weighted by molar-refractivity contribution is -0.126. The van der Waals surface area contributed by atoms with Gasteiger partial charge in [-0.15, -0.1) is 0 Å². The van der Waals surface area contributed by atoms with E-state index in [4.69, 9.17) is 9.15 Å². The number of furan rings is 1. The van der Waals surface area contributed by atoms with Gasteiger partial charge in [0.1, 0.15) is 6.04 Å². The van der Waals surface area contributed by atoms with Gasteiger partial charge in [0.15, 0.2) is 5.76 Å². The van der Waals surface area contributed by atoms with Crippen molar-refractivity contribution in [3.63, 3.8) is 0 Å². The number of hydrogen-bond donors (Lipinski definition) is 2. The number of pyridine rings is 1. The zero-order valence-electron chi connectivity index (χ0n) is 18.6. The topological polar surface area (TPSA) is 114 Å². The molecular weight excluding hydrogens is 436 g/mol. The number of hydrogen-bond acceptors (Lipinski definition) is 6. The summed E-state index contributed by atoms with van der Waals surface area (Å²) in [6.45, 7) is 0.696. The number of rotatable bonds is 9. The maximum absolute atomic E-state index is 13.5. The third-order valence-corrected chi connectivity index (χ3v) is 5.49. The van der Waals surface area contributed by atoms with Crippen LogP contribution in [0.25, 0.3) is 0 Å². The fraction of sp³-hybridized carbons (Fsp3) is 0.280. The third kappa shape index (κ3) is 5.68. The largest absolute Gasteiger partial charge is 0.459 e. The summed E-state index contributed by atoms with van der Waals surface area (Å²) in [7, 11) is 0. The highest BCUT2D eigenvalue weighted by atomic mass is 16.5. The van der Waals surface area contributed by atoms with Gasteiger partial charge in [0.2, 0.25) is 11.8 Å². The van der Waals surface area contributed by atoms with E-state index < -0.39 is 17.9 Å². The predicted octanol–water partition coefficient (Wildman–Crippen LogP) is 2.47. The molecule has 0 spiro atoms. The van der Waals surface area contributed by atoms with Crippen molar-refractivity contribution in [2.24, 2.45) is 0 Å². The molecule has 0 radical (unpaired) electrons. The molecular formula is C25H26N4O5. The van der Waals surface area contributed by atoms with Crippen molar-refractivity contribution < 1.29 is 23.5 Å². The van der Waals surface area contributed by atoms with Crippen LogP contribution in [-0.2, 0) is 14.3 Å². The van der Waals surface area contributed by atoms with Gasteiger partial charge in [-0.05, 0) is 42.7 Å². The molecule has 2 N–H and O–H groups in total. The average molecular weight is 463 g/mol. The number of ether oxygens (including phenoxy) is 1. The van der Waals surface area contributed by atoms with Gasteiger partial charge in [0.25, 0.3) is 5.91 Å². The smallest absolute Gasteiger partial charge is 0.287 e. The quantitative estimate of drug-likeness (QED) is 0.505. The Balaban J connectivity index is 1.60. The van der Waals surface area contributed by atoms with Crippen LogP contribution < -0.4 is 15.5 Å². The standard InChI is InChI=1S/C25H26N4O5/c30-22(17-28-24(31)21-11-6-14-34-21)29(19-9-4-12-26-15-19)23(18-7-2-1-3-8-18)25(32)27-16-20-10-5-13-33-20/h1-4,6-9,11-12,14-15,20,23H,5,10,13,16-17H2,(H,27,32)(H,28,31)/t20-,23-/m0/s1. The van der Waals surface area contributed by atoms with Crippen LogP contribution in [0.5, 0.6) is 0 Å². The van der Waals surface area contributed by atoms with E-state index >= 15 is 0 Å². The van der Waals surface area contributed by atoms with Crippen molar-refractivity contribution >= 4 is 23.4 Å². The van der Waals surface area contributed by atoms with Gasteiger partial charge in [-0.3, -0.25) is 24.3 Å². The Morgan fingerprint density at radius 3 is 2.59 bits per heavy atom. The number of anilines is 1. The fourth-order valence-corrected chi connectivity index (χ4v) is 3.84. The van der Waals surface area contributed by atoms with E-state index in [0.717, 1.165) is 12.8 Å². The maximum Gasteiger partial charge on any atom is 0.287 e. The number of carbonyl (C=O) groups is 3. The van der Waals surface area contributed by atoms with Crippen LogP contribution in [0, 0.1) is 0 Å². The van der Waals surface area contributed by atoms with Crippen LogP contribution in [-0.4, -0.2) is 48.5 Å². The minimum Gasteiger partial charge on any atom is -0.459 e. The Kier molecular flexibility index (Phi) is 7.67. The Morgan fingerprint density at radius 1 is 1.06 bits per heavy atom. The lowest BCUT2D eigenvalue weighted by Crippen LogP contribution is -2.48. The van der Waals surface area contributed by atoms with Gasteiger partial charge in [-0.2, -0.15) is 0 Å². The van der Waals surface area contributed by atoms with Gasteiger partial charge in [0.05, 0.1) is 30.8 Å². The normalized spacial score (nSPS) is 15.9. The molecule has 176 valence electrons. The summed E-state index contributed by atoms with van der Waals surface area (Å²) in [5.41, 5.74) is 1.06. The van der Waals surface area contributed by atoms with E-state index in [-0.39, 0.29) is 24.3 Å². The predicted molar refractivity (Wildman–Crippen MR) is 124 cm³/mol. The van der Waals surface area contributed by atoms with Gasteiger partial charge in [-0.25, -0.2) is 0 Å². The SMILES string of the molecule is O=C(NCC(=O)N(c1cccnc1)[C@H](C(=O)NC[C@@H]1CCCO1)c1ccccc1)c1ccco1. The molecule has 0 bridgehead atoms. The molecule has 34 heavy (non-hydrogen) atoms. The molecule has 1 aliphatic rings. The van der Waals surface area contributed by atoms with E-state index in [1.165, 1.54) is 23.4 Å². The Labute approximate surface area is 197 Å². The van der Waals surface area contributed by atoms with Crippen molar-refractivity contribution in [3.05, 3.63) is 84.6 Å². The minimum absolute atomic E-state index is 0.0458. The van der Waals surface area contributed by atoms with Crippen LogP contribution >= 0.6 is 0 Å². The van der Waals surface area contributed by atoms with E-state index in [2.05, 4.69) is 15.6 Å². The van der Waals surface area contributed by atoms with Gasteiger partial charge in [0, 0.05) is 19.3 Å². The molecule has 2 atom stereocenters. The van der Waals surface area contributed by atoms with Crippen molar-refractivity contribution in [3.8, 4) is 0 Å². The Bertz CT molecular complexity index is 1080. The number of amides is 3. The molecule has 3 heterocycles. The monoisotopic (exact) mass is 462 g/mol. The van der Waals surface area contributed by atoms with E-state index in [9.17, 15) is 14.4 Å². The first-order valence-corrected chi connectivity index (χ1v) is 11.1. The summed E-state index contributed by atoms with van der Waals surface area (Å²) < 4.78 is 10.7. The van der Waals surface area contributed by atoms with Crippen molar-refractivity contribution in [2.75, 3.05) is 24.6 Å². The first kappa shape index (κ1) is 23.2. The summed E-state index contributed by atoms with van der Waals surface area (Å²) in [4.78, 5) is 44.7. The molecule has 4 rings (SSSR count). The minimum atomic E-state index is -0.972. The van der Waals surface area contributed by atoms with E-state index in [1.54, 1.807) is 48.7 Å². The highest BCUT2D eigenvalue weighted by molar-refractivity contribution is 6.04. The first-order chi connectivity index (χ1) is 16.6. The number of nitrogens with zero attached hydrogens (tertiary/aromatic N) is 2. The number of aromatic nitrogens is 1. The molecule has 0 unspecified atom stereocenters. The summed E-state index contributed by atoms with van der Waals surface area (Å²) in [5, 5.41) is 5.50. The van der Waals surface area contributed by atoms with E-state index in [0.29, 0.717) is 24.4 Å². The Morgan fingerprint density at radius 2 is 1.91 bits per heavy atom. The fourth-order valence-electron chi connectivity index (χ4n) is 3.84. The second-order valence-electron chi connectivity index (χ2n) is 7.83. The van der Waals surface area contributed by atoms with Gasteiger partial charge < -0.3 is 19.8 Å². The molecule has 2 aromatic heterocycles. The highest BCUT2D eigenvalue weighted by Crippen LogP contribution is 2.27. The summed E-state index contributed by atoms with van der Waals surface area (Å²) in [6, 6.07) is 14.5. The maximum atomic E-state index is 13.5. The molecule has 9 heteroatoms. The zero-order chi connectivity index (χ0) is 23.8. The number of nitrogens with one attached hydrogen (secondary N) is 2. The molecule has 3 amide bonds. The molecule has 0 saturated carbocycles. The summed E-state index contributed by atoms with van der Waals surface area (Å²) in [5.74, 6) is -1.26. The lowest BCUT2D eigenvalue weighted by atomic mass is 10.0. The molecule has 0 aliphatic carbocycles. The average Bonchev–Trinajstić information content (AvgIpc) is 3.60. The zero-order valence-corrected chi connectivity index (χ0v) is 18.6.